The van der Waals surface area contributed by atoms with Crippen LogP contribution in [0.15, 0.2) is 18.2 Å². The lowest BCUT2D eigenvalue weighted by atomic mass is 10.1. The summed E-state index contributed by atoms with van der Waals surface area (Å²) in [7, 11) is 0. The number of ether oxygens (including phenoxy) is 1. The average molecular weight is 241 g/mol. The van der Waals surface area contributed by atoms with E-state index >= 15 is 0 Å². The number of thiocarbonyl (C=S) groups is 1. The monoisotopic (exact) mass is 241 g/mol. The Kier molecular flexibility index (Phi) is 4.83. The Morgan fingerprint density at radius 1 is 1.50 bits per heavy atom. The second-order valence-corrected chi connectivity index (χ2v) is 4.18. The molecular formula is C12H16FNOS. The molecule has 1 rings (SSSR count). The Bertz CT molecular complexity index is 381. The van der Waals surface area contributed by atoms with Crippen LogP contribution in [0, 0.1) is 5.82 Å². The van der Waals surface area contributed by atoms with Crippen LogP contribution in [0.2, 0.25) is 0 Å². The van der Waals surface area contributed by atoms with Crippen molar-refractivity contribution in [2.45, 2.75) is 33.0 Å². The lowest BCUT2D eigenvalue weighted by Crippen LogP contribution is -2.11. The molecule has 1 atom stereocenters. The third kappa shape index (κ3) is 3.87. The summed E-state index contributed by atoms with van der Waals surface area (Å²) in [6, 6.07) is 4.52. The summed E-state index contributed by atoms with van der Waals surface area (Å²) in [5.74, 6) is -0.340. The van der Waals surface area contributed by atoms with E-state index < -0.39 is 0 Å². The predicted molar refractivity (Wildman–Crippen MR) is 66.8 cm³/mol. The number of halogens is 1. The van der Waals surface area contributed by atoms with E-state index in [0.29, 0.717) is 12.2 Å². The number of hydrogen-bond donors (Lipinski definition) is 1. The maximum atomic E-state index is 13.2. The van der Waals surface area contributed by atoms with Gasteiger partial charge in [0.25, 0.3) is 0 Å². The smallest absolute Gasteiger partial charge is 0.124 e. The summed E-state index contributed by atoms with van der Waals surface area (Å²) in [6.45, 7) is 4.40. The maximum absolute atomic E-state index is 13.2. The van der Waals surface area contributed by atoms with Crippen LogP contribution in [0.3, 0.4) is 0 Å². The van der Waals surface area contributed by atoms with Crippen LogP contribution in [0.25, 0.3) is 0 Å². The minimum Gasteiger partial charge on any atom is -0.389 e. The van der Waals surface area contributed by atoms with Crippen molar-refractivity contribution in [3.05, 3.63) is 35.1 Å². The van der Waals surface area contributed by atoms with Crippen LogP contribution >= 0.6 is 12.2 Å². The van der Waals surface area contributed by atoms with Crippen molar-refractivity contribution in [1.82, 2.24) is 0 Å². The van der Waals surface area contributed by atoms with Crippen LogP contribution in [-0.4, -0.2) is 11.1 Å². The largest absolute Gasteiger partial charge is 0.389 e. The second-order valence-electron chi connectivity index (χ2n) is 3.74. The van der Waals surface area contributed by atoms with Crippen molar-refractivity contribution in [2.75, 3.05) is 0 Å². The van der Waals surface area contributed by atoms with Crippen molar-refractivity contribution >= 4 is 17.2 Å². The lowest BCUT2D eigenvalue weighted by Gasteiger charge is -2.11. The SMILES string of the molecule is CCC(C)OCc1cc(F)cc(C(N)=S)c1. The molecule has 0 aliphatic carbocycles. The van der Waals surface area contributed by atoms with Gasteiger partial charge in [0.05, 0.1) is 12.7 Å². The molecule has 0 fully saturated rings. The zero-order valence-electron chi connectivity index (χ0n) is 9.50. The van der Waals surface area contributed by atoms with Gasteiger partial charge in [-0.25, -0.2) is 4.39 Å². The average Bonchev–Trinajstić information content (AvgIpc) is 2.25. The van der Waals surface area contributed by atoms with Crippen molar-refractivity contribution in [3.8, 4) is 0 Å². The first-order chi connectivity index (χ1) is 7.52. The highest BCUT2D eigenvalue weighted by Gasteiger charge is 2.05. The molecular weight excluding hydrogens is 225 g/mol. The summed E-state index contributed by atoms with van der Waals surface area (Å²) < 4.78 is 18.7. The fourth-order valence-electron chi connectivity index (χ4n) is 1.23. The fraction of sp³-hybridized carbons (Fsp3) is 0.417. The molecule has 0 aliphatic heterocycles. The predicted octanol–water partition coefficient (Wildman–Crippen LogP) is 2.78. The number of rotatable bonds is 5. The molecule has 0 amide bonds. The van der Waals surface area contributed by atoms with E-state index in [-0.39, 0.29) is 16.9 Å². The standard InChI is InChI=1S/C12H16FNOS/c1-3-8(2)15-7-9-4-10(12(14)16)6-11(13)5-9/h4-6,8H,3,7H2,1-2H3,(H2,14,16). The third-order valence-corrected chi connectivity index (χ3v) is 2.59. The second kappa shape index (κ2) is 5.92. The molecule has 16 heavy (non-hydrogen) atoms. The first-order valence-corrected chi connectivity index (χ1v) is 5.64. The van der Waals surface area contributed by atoms with Gasteiger partial charge in [0, 0.05) is 5.56 Å². The van der Waals surface area contributed by atoms with Gasteiger partial charge in [-0.2, -0.15) is 0 Å². The molecule has 0 heterocycles. The zero-order valence-corrected chi connectivity index (χ0v) is 10.3. The van der Waals surface area contributed by atoms with Crippen LogP contribution < -0.4 is 5.73 Å². The van der Waals surface area contributed by atoms with Crippen molar-refractivity contribution in [1.29, 1.82) is 0 Å². The van der Waals surface area contributed by atoms with Gasteiger partial charge >= 0.3 is 0 Å². The minimum absolute atomic E-state index is 0.163. The van der Waals surface area contributed by atoms with Crippen LogP contribution in [0.4, 0.5) is 4.39 Å². The first kappa shape index (κ1) is 13.1. The number of hydrogen-bond acceptors (Lipinski definition) is 2. The van der Waals surface area contributed by atoms with Gasteiger partial charge in [-0.3, -0.25) is 0 Å². The Morgan fingerprint density at radius 2 is 2.19 bits per heavy atom. The van der Waals surface area contributed by atoms with Gasteiger partial charge < -0.3 is 10.5 Å². The molecule has 0 radical (unpaired) electrons. The minimum atomic E-state index is -0.340. The van der Waals surface area contributed by atoms with Gasteiger partial charge in [0.2, 0.25) is 0 Å². The molecule has 0 aromatic heterocycles. The Morgan fingerprint density at radius 3 is 2.75 bits per heavy atom. The maximum Gasteiger partial charge on any atom is 0.124 e. The van der Waals surface area contributed by atoms with Gasteiger partial charge in [-0.15, -0.1) is 0 Å². The lowest BCUT2D eigenvalue weighted by molar-refractivity contribution is 0.0507. The van der Waals surface area contributed by atoms with Gasteiger partial charge in [0.1, 0.15) is 10.8 Å². The van der Waals surface area contributed by atoms with Gasteiger partial charge in [0.15, 0.2) is 0 Å². The van der Waals surface area contributed by atoms with E-state index in [0.717, 1.165) is 12.0 Å². The van der Waals surface area contributed by atoms with Crippen LogP contribution in [-0.2, 0) is 11.3 Å². The van der Waals surface area contributed by atoms with Crippen LogP contribution in [0.1, 0.15) is 31.4 Å². The van der Waals surface area contributed by atoms with E-state index in [2.05, 4.69) is 0 Å². The molecule has 2 nitrogen and oxygen atoms in total. The van der Waals surface area contributed by atoms with E-state index in [4.69, 9.17) is 22.7 Å². The van der Waals surface area contributed by atoms with E-state index in [1.165, 1.54) is 12.1 Å². The quantitative estimate of drug-likeness (QED) is 0.805. The molecule has 0 spiro atoms. The molecule has 0 saturated heterocycles. The summed E-state index contributed by atoms with van der Waals surface area (Å²) in [4.78, 5) is 0.198. The highest BCUT2D eigenvalue weighted by Crippen LogP contribution is 2.12. The highest BCUT2D eigenvalue weighted by atomic mass is 32.1. The zero-order chi connectivity index (χ0) is 12.1. The topological polar surface area (TPSA) is 35.2 Å². The van der Waals surface area contributed by atoms with E-state index in [1.807, 2.05) is 13.8 Å². The summed E-state index contributed by atoms with van der Waals surface area (Å²) in [5, 5.41) is 0. The van der Waals surface area contributed by atoms with Gasteiger partial charge in [-0.1, -0.05) is 19.1 Å². The van der Waals surface area contributed by atoms with Crippen molar-refractivity contribution in [3.63, 3.8) is 0 Å². The molecule has 0 aliphatic rings. The number of benzene rings is 1. The molecule has 0 saturated carbocycles. The Hall–Kier alpha value is -1.00. The first-order valence-electron chi connectivity index (χ1n) is 5.23. The third-order valence-electron chi connectivity index (χ3n) is 2.35. The van der Waals surface area contributed by atoms with Crippen molar-refractivity contribution < 1.29 is 9.13 Å². The highest BCUT2D eigenvalue weighted by molar-refractivity contribution is 7.80. The Balaban J connectivity index is 2.76. The molecule has 1 aromatic rings. The molecule has 88 valence electrons. The normalized spacial score (nSPS) is 12.4. The van der Waals surface area contributed by atoms with E-state index in [1.54, 1.807) is 6.07 Å². The Labute approximate surface area is 101 Å². The molecule has 0 bridgehead atoms. The summed E-state index contributed by atoms with van der Waals surface area (Å²) in [5.41, 5.74) is 6.75. The van der Waals surface area contributed by atoms with E-state index in [9.17, 15) is 4.39 Å². The number of nitrogens with two attached hydrogens (primary N) is 1. The van der Waals surface area contributed by atoms with Crippen LogP contribution in [0.5, 0.6) is 0 Å². The molecule has 2 N–H and O–H groups in total. The fourth-order valence-corrected chi connectivity index (χ4v) is 1.35. The molecule has 4 heteroatoms. The summed E-state index contributed by atoms with van der Waals surface area (Å²) >= 11 is 4.81. The molecule has 1 unspecified atom stereocenters. The van der Waals surface area contributed by atoms with Crippen molar-refractivity contribution in [2.24, 2.45) is 5.73 Å². The molecule has 1 aromatic carbocycles. The van der Waals surface area contributed by atoms with Gasteiger partial charge in [-0.05, 0) is 37.1 Å². The summed E-state index contributed by atoms with van der Waals surface area (Å²) in [6.07, 6.45) is 1.09.